The van der Waals surface area contributed by atoms with Crippen LogP contribution in [-0.4, -0.2) is 11.7 Å². The fraction of sp³-hybridized carbons (Fsp3) is 0.235. The Bertz CT molecular complexity index is 623. The van der Waals surface area contributed by atoms with Crippen molar-refractivity contribution in [2.45, 2.75) is 25.2 Å². The lowest BCUT2D eigenvalue weighted by molar-refractivity contribution is -0.113. The average Bonchev–Trinajstić information content (AvgIpc) is 2.49. The monoisotopic (exact) mass is 300 g/mol. The van der Waals surface area contributed by atoms with E-state index in [2.05, 4.69) is 12.2 Å². The third-order valence-electron chi connectivity index (χ3n) is 3.33. The molecule has 0 saturated heterocycles. The molecule has 110 valence electrons. The minimum Gasteiger partial charge on any atom is -0.398 e. The van der Waals surface area contributed by atoms with Crippen LogP contribution in [0.15, 0.2) is 47.4 Å². The molecule has 0 saturated carbocycles. The maximum Gasteiger partial charge on any atom is 0.234 e. The van der Waals surface area contributed by atoms with Crippen molar-refractivity contribution in [1.29, 1.82) is 0 Å². The maximum atomic E-state index is 12.0. The Morgan fingerprint density at radius 1 is 1.19 bits per heavy atom. The van der Waals surface area contributed by atoms with E-state index in [9.17, 15) is 4.79 Å². The van der Waals surface area contributed by atoms with Crippen LogP contribution < -0.4 is 11.1 Å². The van der Waals surface area contributed by atoms with Crippen LogP contribution in [0.2, 0.25) is 0 Å². The summed E-state index contributed by atoms with van der Waals surface area (Å²) in [7, 11) is 0. The molecule has 0 aliphatic rings. The summed E-state index contributed by atoms with van der Waals surface area (Å²) in [6.07, 6.45) is 0.999. The number of carbonyl (C=O) groups excluding carboxylic acids is 1. The standard InChI is InChI=1S/C17H20N2OS/c1-3-13-7-9-14(10-8-13)19-17(20)11-21-16-6-4-5-15(18)12(16)2/h4-10H,3,11,18H2,1-2H3,(H,19,20). The predicted octanol–water partition coefficient (Wildman–Crippen LogP) is 3.87. The van der Waals surface area contributed by atoms with Crippen LogP contribution in [0.5, 0.6) is 0 Å². The topological polar surface area (TPSA) is 55.1 Å². The van der Waals surface area contributed by atoms with Gasteiger partial charge in [0.05, 0.1) is 5.75 Å². The molecular weight excluding hydrogens is 280 g/mol. The number of anilines is 2. The van der Waals surface area contributed by atoms with Gasteiger partial charge >= 0.3 is 0 Å². The molecule has 2 aromatic carbocycles. The molecule has 2 aromatic rings. The highest BCUT2D eigenvalue weighted by Crippen LogP contribution is 2.26. The number of rotatable bonds is 5. The van der Waals surface area contributed by atoms with Crippen LogP contribution in [0, 0.1) is 6.92 Å². The summed E-state index contributed by atoms with van der Waals surface area (Å²) in [5.74, 6) is 0.367. The van der Waals surface area contributed by atoms with Gasteiger partial charge in [0.1, 0.15) is 0 Å². The first kappa shape index (κ1) is 15.4. The first-order valence-corrected chi connectivity index (χ1v) is 7.95. The summed E-state index contributed by atoms with van der Waals surface area (Å²) in [6.45, 7) is 4.08. The van der Waals surface area contributed by atoms with E-state index in [1.165, 1.54) is 17.3 Å². The molecule has 1 amide bonds. The average molecular weight is 300 g/mol. The minimum absolute atomic E-state index is 0.00827. The molecule has 0 fully saturated rings. The second kappa shape index (κ2) is 7.18. The molecule has 4 heteroatoms. The molecule has 2 rings (SSSR count). The maximum absolute atomic E-state index is 12.0. The van der Waals surface area contributed by atoms with Crippen LogP contribution in [0.25, 0.3) is 0 Å². The van der Waals surface area contributed by atoms with Crippen molar-refractivity contribution < 1.29 is 4.79 Å². The summed E-state index contributed by atoms with van der Waals surface area (Å²) in [5, 5.41) is 2.91. The van der Waals surface area contributed by atoms with Crippen molar-refractivity contribution >= 4 is 29.0 Å². The zero-order chi connectivity index (χ0) is 15.2. The number of nitrogens with one attached hydrogen (secondary N) is 1. The highest BCUT2D eigenvalue weighted by atomic mass is 32.2. The Hall–Kier alpha value is -1.94. The van der Waals surface area contributed by atoms with Crippen molar-refractivity contribution in [2.75, 3.05) is 16.8 Å². The van der Waals surface area contributed by atoms with Crippen molar-refractivity contribution in [3.63, 3.8) is 0 Å². The zero-order valence-corrected chi connectivity index (χ0v) is 13.2. The molecule has 0 atom stereocenters. The summed E-state index contributed by atoms with van der Waals surface area (Å²) < 4.78 is 0. The van der Waals surface area contributed by atoms with Gasteiger partial charge in [0.15, 0.2) is 0 Å². The number of hydrogen-bond donors (Lipinski definition) is 2. The van der Waals surface area contributed by atoms with Crippen molar-refractivity contribution in [1.82, 2.24) is 0 Å². The van der Waals surface area contributed by atoms with Gasteiger partial charge in [-0.15, -0.1) is 11.8 Å². The molecule has 0 aromatic heterocycles. The summed E-state index contributed by atoms with van der Waals surface area (Å²) in [6, 6.07) is 13.7. The van der Waals surface area contributed by atoms with Crippen molar-refractivity contribution in [3.05, 3.63) is 53.6 Å². The Labute approximate surface area is 129 Å². The Morgan fingerprint density at radius 3 is 2.57 bits per heavy atom. The van der Waals surface area contributed by atoms with E-state index in [0.29, 0.717) is 5.75 Å². The quantitative estimate of drug-likeness (QED) is 0.651. The number of carbonyl (C=O) groups is 1. The van der Waals surface area contributed by atoms with E-state index in [-0.39, 0.29) is 5.91 Å². The van der Waals surface area contributed by atoms with E-state index in [4.69, 9.17) is 5.73 Å². The summed E-state index contributed by atoms with van der Waals surface area (Å²) >= 11 is 1.50. The van der Waals surface area contributed by atoms with E-state index in [0.717, 1.165) is 28.3 Å². The van der Waals surface area contributed by atoms with Crippen LogP contribution in [0.1, 0.15) is 18.1 Å². The molecule has 0 aliphatic heterocycles. The van der Waals surface area contributed by atoms with Crippen LogP contribution in [-0.2, 0) is 11.2 Å². The molecule has 3 N–H and O–H groups in total. The lowest BCUT2D eigenvalue weighted by Crippen LogP contribution is -2.14. The Morgan fingerprint density at radius 2 is 1.90 bits per heavy atom. The van der Waals surface area contributed by atoms with Gasteiger partial charge in [-0.3, -0.25) is 4.79 Å². The number of amides is 1. The fourth-order valence-electron chi connectivity index (χ4n) is 1.95. The van der Waals surface area contributed by atoms with Crippen LogP contribution in [0.3, 0.4) is 0 Å². The molecule has 0 heterocycles. The molecule has 0 bridgehead atoms. The van der Waals surface area contributed by atoms with Gasteiger partial charge in [0.2, 0.25) is 5.91 Å². The minimum atomic E-state index is -0.00827. The summed E-state index contributed by atoms with van der Waals surface area (Å²) in [5.41, 5.74) is 9.75. The number of aryl methyl sites for hydroxylation is 1. The van der Waals surface area contributed by atoms with E-state index in [1.54, 1.807) is 0 Å². The van der Waals surface area contributed by atoms with E-state index >= 15 is 0 Å². The number of nitrogens with two attached hydrogens (primary N) is 1. The van der Waals surface area contributed by atoms with Gasteiger partial charge in [0.25, 0.3) is 0 Å². The lowest BCUT2D eigenvalue weighted by atomic mass is 10.1. The number of thioether (sulfide) groups is 1. The second-order valence-electron chi connectivity index (χ2n) is 4.86. The summed E-state index contributed by atoms with van der Waals surface area (Å²) in [4.78, 5) is 13.0. The highest BCUT2D eigenvalue weighted by Gasteiger charge is 2.06. The first-order valence-electron chi connectivity index (χ1n) is 6.97. The Balaban J connectivity index is 1.91. The van der Waals surface area contributed by atoms with Gasteiger partial charge in [-0.25, -0.2) is 0 Å². The predicted molar refractivity (Wildman–Crippen MR) is 90.8 cm³/mol. The van der Waals surface area contributed by atoms with Crippen LogP contribution >= 0.6 is 11.8 Å². The normalized spacial score (nSPS) is 10.4. The number of benzene rings is 2. The second-order valence-corrected chi connectivity index (χ2v) is 5.87. The first-order chi connectivity index (χ1) is 10.1. The fourth-order valence-corrected chi connectivity index (χ4v) is 2.82. The number of hydrogen-bond acceptors (Lipinski definition) is 3. The molecule has 0 unspecified atom stereocenters. The molecule has 0 aliphatic carbocycles. The largest absolute Gasteiger partial charge is 0.398 e. The Kier molecular flexibility index (Phi) is 5.28. The van der Waals surface area contributed by atoms with Crippen molar-refractivity contribution in [3.8, 4) is 0 Å². The smallest absolute Gasteiger partial charge is 0.234 e. The number of nitrogen functional groups attached to an aromatic ring is 1. The molecule has 21 heavy (non-hydrogen) atoms. The lowest BCUT2D eigenvalue weighted by Gasteiger charge is -2.09. The third-order valence-corrected chi connectivity index (χ3v) is 4.49. The molecule has 0 spiro atoms. The SMILES string of the molecule is CCc1ccc(NC(=O)CSc2cccc(N)c2C)cc1. The van der Waals surface area contributed by atoms with Crippen molar-refractivity contribution in [2.24, 2.45) is 0 Å². The molecule has 0 radical (unpaired) electrons. The van der Waals surface area contributed by atoms with Gasteiger partial charge in [-0.2, -0.15) is 0 Å². The van der Waals surface area contributed by atoms with Gasteiger partial charge in [-0.1, -0.05) is 25.1 Å². The van der Waals surface area contributed by atoms with E-state index in [1.807, 2.05) is 49.4 Å². The van der Waals surface area contributed by atoms with Crippen LogP contribution in [0.4, 0.5) is 11.4 Å². The highest BCUT2D eigenvalue weighted by molar-refractivity contribution is 8.00. The van der Waals surface area contributed by atoms with Gasteiger partial charge in [-0.05, 0) is 48.7 Å². The van der Waals surface area contributed by atoms with Gasteiger partial charge in [0, 0.05) is 16.3 Å². The van der Waals surface area contributed by atoms with E-state index < -0.39 is 0 Å². The molecule has 3 nitrogen and oxygen atoms in total. The molecular formula is C17H20N2OS. The third kappa shape index (κ3) is 4.26. The zero-order valence-electron chi connectivity index (χ0n) is 12.3. The van der Waals surface area contributed by atoms with Gasteiger partial charge < -0.3 is 11.1 Å².